The summed E-state index contributed by atoms with van der Waals surface area (Å²) < 4.78 is 53.4. The Hall–Kier alpha value is -5.37. The van der Waals surface area contributed by atoms with Crippen LogP contribution in [-0.2, 0) is 14.8 Å². The van der Waals surface area contributed by atoms with Gasteiger partial charge in [0.25, 0.3) is 5.91 Å². The van der Waals surface area contributed by atoms with E-state index in [-0.39, 0.29) is 42.9 Å². The topological polar surface area (TPSA) is 146 Å². The summed E-state index contributed by atoms with van der Waals surface area (Å²) in [5, 5.41) is 8.01. The van der Waals surface area contributed by atoms with E-state index in [9.17, 15) is 22.4 Å². The third-order valence-electron chi connectivity index (χ3n) is 7.59. The lowest BCUT2D eigenvalue weighted by Crippen LogP contribution is -2.32. The van der Waals surface area contributed by atoms with Gasteiger partial charge in [0.1, 0.15) is 23.0 Å². The van der Waals surface area contributed by atoms with Crippen molar-refractivity contribution in [3.63, 3.8) is 0 Å². The first-order valence-corrected chi connectivity index (χ1v) is 16.7. The van der Waals surface area contributed by atoms with Crippen molar-refractivity contribution < 1.29 is 31.9 Å². The Kier molecular flexibility index (Phi) is 8.85. The summed E-state index contributed by atoms with van der Waals surface area (Å²) in [6.07, 6.45) is 7.24. The van der Waals surface area contributed by atoms with Crippen LogP contribution in [0.5, 0.6) is 11.5 Å². The van der Waals surface area contributed by atoms with Crippen LogP contribution in [0.1, 0.15) is 51.7 Å². The van der Waals surface area contributed by atoms with Gasteiger partial charge in [0.2, 0.25) is 10.0 Å². The summed E-state index contributed by atoms with van der Waals surface area (Å²) in [5.41, 5.74) is 2.63. The molecule has 3 aromatic carbocycles. The third-order valence-corrected chi connectivity index (χ3v) is 8.77. The molecule has 0 radical (unpaired) electrons. The van der Waals surface area contributed by atoms with Crippen LogP contribution >= 0.6 is 0 Å². The molecule has 0 unspecified atom stereocenters. The minimum Gasteiger partial charge on any atom is -0.461 e. The van der Waals surface area contributed by atoms with Gasteiger partial charge in [-0.3, -0.25) is 14.1 Å². The standard InChI is InChI=1S/C33H31FN6O6S/c1-35-32(41)31-27-18-26(21-4-5-21)30(39(47(2,43)44)16-3-17-45-33(42)29-20-36-14-15-37-29)19-28(27)38-40(31)23-8-12-25(13-9-23)46-24-10-6-22(34)7-11-24/h6-15,18-21H,3-5,16-17H2,1-2H3,(H,35,41). The van der Waals surface area contributed by atoms with E-state index in [1.165, 1.54) is 58.9 Å². The molecule has 6 rings (SSSR count). The quantitative estimate of drug-likeness (QED) is 0.145. The molecule has 2 heterocycles. The summed E-state index contributed by atoms with van der Waals surface area (Å²) in [6, 6.07) is 16.1. The predicted octanol–water partition coefficient (Wildman–Crippen LogP) is 5.00. The zero-order valence-corrected chi connectivity index (χ0v) is 26.4. The van der Waals surface area contributed by atoms with Crippen molar-refractivity contribution in [2.24, 2.45) is 0 Å². The van der Waals surface area contributed by atoms with Gasteiger partial charge >= 0.3 is 5.97 Å². The summed E-state index contributed by atoms with van der Waals surface area (Å²) in [5.74, 6) is -0.285. The Balaban J connectivity index is 1.31. The summed E-state index contributed by atoms with van der Waals surface area (Å²) in [7, 11) is -2.22. The first-order chi connectivity index (χ1) is 22.6. The summed E-state index contributed by atoms with van der Waals surface area (Å²) >= 11 is 0. The molecule has 0 aliphatic heterocycles. The van der Waals surface area contributed by atoms with Crippen molar-refractivity contribution in [3.05, 3.63) is 102 Å². The van der Waals surface area contributed by atoms with Crippen molar-refractivity contribution in [3.8, 4) is 17.2 Å². The molecule has 47 heavy (non-hydrogen) atoms. The molecule has 12 nitrogen and oxygen atoms in total. The normalized spacial score (nSPS) is 12.9. The first-order valence-electron chi connectivity index (χ1n) is 14.9. The molecule has 1 N–H and O–H groups in total. The van der Waals surface area contributed by atoms with Gasteiger partial charge in [-0.05, 0) is 85.0 Å². The van der Waals surface area contributed by atoms with Gasteiger partial charge in [0.15, 0.2) is 5.69 Å². The molecule has 1 amide bonds. The molecule has 1 aliphatic carbocycles. The molecular formula is C33H31FN6O6S. The number of ether oxygens (including phenoxy) is 2. The number of sulfonamides is 1. The fraction of sp³-hybridized carbons (Fsp3) is 0.242. The van der Waals surface area contributed by atoms with Crippen molar-refractivity contribution in [1.29, 1.82) is 0 Å². The van der Waals surface area contributed by atoms with Crippen LogP contribution in [0, 0.1) is 5.82 Å². The molecule has 14 heteroatoms. The number of halogens is 1. The molecule has 1 aliphatic rings. The monoisotopic (exact) mass is 658 g/mol. The molecule has 0 saturated heterocycles. The molecule has 2 aromatic heterocycles. The fourth-order valence-electron chi connectivity index (χ4n) is 5.21. The van der Waals surface area contributed by atoms with Crippen molar-refractivity contribution >= 4 is 38.5 Å². The van der Waals surface area contributed by atoms with E-state index >= 15 is 0 Å². The van der Waals surface area contributed by atoms with Crippen LogP contribution in [-0.4, -0.2) is 66.5 Å². The second-order valence-electron chi connectivity index (χ2n) is 11.0. The van der Waals surface area contributed by atoms with E-state index in [0.717, 1.165) is 24.7 Å². The summed E-state index contributed by atoms with van der Waals surface area (Å²) in [4.78, 5) is 33.3. The Bertz CT molecular complexity index is 2030. The van der Waals surface area contributed by atoms with E-state index in [1.807, 2.05) is 6.07 Å². The van der Waals surface area contributed by atoms with Crippen LogP contribution in [0.15, 0.2) is 79.3 Å². The number of nitrogens with one attached hydrogen (secondary N) is 1. The van der Waals surface area contributed by atoms with E-state index < -0.39 is 16.0 Å². The zero-order chi connectivity index (χ0) is 33.1. The first kappa shape index (κ1) is 31.6. The smallest absolute Gasteiger partial charge is 0.358 e. The number of anilines is 1. The van der Waals surface area contributed by atoms with Gasteiger partial charge < -0.3 is 14.8 Å². The van der Waals surface area contributed by atoms with Gasteiger partial charge in [-0.25, -0.2) is 27.3 Å². The van der Waals surface area contributed by atoms with Gasteiger partial charge in [-0.1, -0.05) is 0 Å². The number of fused-ring (bicyclic) bond motifs is 1. The number of rotatable bonds is 12. The molecule has 0 spiro atoms. The van der Waals surface area contributed by atoms with Crippen molar-refractivity contribution in [2.75, 3.05) is 30.8 Å². The number of hydrogen-bond acceptors (Lipinski definition) is 9. The molecule has 0 atom stereocenters. The minimum absolute atomic E-state index is 0.0290. The zero-order valence-electron chi connectivity index (χ0n) is 25.6. The number of carbonyl (C=O) groups excluding carboxylic acids is 2. The average Bonchev–Trinajstić information content (AvgIpc) is 3.85. The van der Waals surface area contributed by atoms with Crippen LogP contribution in [0.4, 0.5) is 10.1 Å². The predicted molar refractivity (Wildman–Crippen MR) is 172 cm³/mol. The van der Waals surface area contributed by atoms with Crippen LogP contribution in [0.2, 0.25) is 0 Å². The number of carbonyl (C=O) groups is 2. The Morgan fingerprint density at radius 3 is 2.36 bits per heavy atom. The lowest BCUT2D eigenvalue weighted by molar-refractivity contribution is 0.0495. The highest BCUT2D eigenvalue weighted by atomic mass is 32.2. The Morgan fingerprint density at radius 1 is 1.04 bits per heavy atom. The third kappa shape index (κ3) is 7.07. The van der Waals surface area contributed by atoms with Gasteiger partial charge in [0.05, 0.1) is 36.0 Å². The minimum atomic E-state index is -3.76. The molecular weight excluding hydrogens is 627 g/mol. The number of aromatic nitrogens is 4. The van der Waals surface area contributed by atoms with E-state index in [1.54, 1.807) is 30.3 Å². The molecule has 1 fully saturated rings. The van der Waals surface area contributed by atoms with Crippen molar-refractivity contribution in [2.45, 2.75) is 25.2 Å². The number of hydrogen-bond donors (Lipinski definition) is 1. The van der Waals surface area contributed by atoms with Crippen molar-refractivity contribution in [1.82, 2.24) is 25.1 Å². The second-order valence-corrected chi connectivity index (χ2v) is 12.9. The lowest BCUT2D eigenvalue weighted by atomic mass is 10.0. The number of amides is 1. The summed E-state index contributed by atoms with van der Waals surface area (Å²) in [6.45, 7) is 0.0229. The highest BCUT2D eigenvalue weighted by molar-refractivity contribution is 7.92. The maximum absolute atomic E-state index is 13.3. The van der Waals surface area contributed by atoms with Gasteiger partial charge in [-0.2, -0.15) is 5.10 Å². The van der Waals surface area contributed by atoms with Crippen LogP contribution in [0.3, 0.4) is 0 Å². The highest BCUT2D eigenvalue weighted by Crippen LogP contribution is 2.46. The molecule has 1 saturated carbocycles. The second kappa shape index (κ2) is 13.2. The molecule has 0 bridgehead atoms. The van der Waals surface area contributed by atoms with Gasteiger partial charge in [0, 0.05) is 37.8 Å². The highest BCUT2D eigenvalue weighted by Gasteiger charge is 2.32. The van der Waals surface area contributed by atoms with E-state index in [2.05, 4.69) is 15.3 Å². The maximum atomic E-state index is 13.3. The number of esters is 1. The average molecular weight is 659 g/mol. The Morgan fingerprint density at radius 2 is 1.74 bits per heavy atom. The van der Waals surface area contributed by atoms with Crippen LogP contribution < -0.4 is 14.4 Å². The number of nitrogens with zero attached hydrogens (tertiary/aromatic N) is 5. The lowest BCUT2D eigenvalue weighted by Gasteiger charge is -2.25. The Labute approximate surface area is 270 Å². The fourth-order valence-corrected chi connectivity index (χ4v) is 6.19. The molecule has 5 aromatic rings. The van der Waals surface area contributed by atoms with Gasteiger partial charge in [-0.15, -0.1) is 0 Å². The number of benzene rings is 3. The maximum Gasteiger partial charge on any atom is 0.358 e. The molecule has 242 valence electrons. The van der Waals surface area contributed by atoms with Crippen LogP contribution in [0.25, 0.3) is 16.6 Å². The largest absolute Gasteiger partial charge is 0.461 e. The van der Waals surface area contributed by atoms with E-state index in [4.69, 9.17) is 14.6 Å². The van der Waals surface area contributed by atoms with E-state index in [0.29, 0.717) is 39.5 Å². The SMILES string of the molecule is CNC(=O)c1c2cc(C3CC3)c(N(CCCOC(=O)c3cnccn3)S(C)(=O)=O)cc2nn1-c1ccc(Oc2ccc(F)cc2)cc1.